The first-order chi connectivity index (χ1) is 10.1. The van der Waals surface area contributed by atoms with E-state index in [4.69, 9.17) is 4.74 Å². The molecule has 6 heteroatoms. The third-order valence-corrected chi connectivity index (χ3v) is 3.57. The highest BCUT2D eigenvalue weighted by atomic mass is 19.1. The van der Waals surface area contributed by atoms with E-state index in [0.29, 0.717) is 11.9 Å². The summed E-state index contributed by atoms with van der Waals surface area (Å²) in [5.41, 5.74) is 0.286. The molecular formula is C15H21F2N3O. The lowest BCUT2D eigenvalue weighted by atomic mass is 10.1. The summed E-state index contributed by atoms with van der Waals surface area (Å²) in [6.45, 7) is 2.59. The fraction of sp³-hybridized carbons (Fsp3) is 0.533. The van der Waals surface area contributed by atoms with Crippen molar-refractivity contribution >= 4 is 5.96 Å². The number of nitrogens with zero attached hydrogens (tertiary/aromatic N) is 2. The topological polar surface area (TPSA) is 36.9 Å². The van der Waals surface area contributed by atoms with Crippen molar-refractivity contribution in [2.24, 2.45) is 10.9 Å². The van der Waals surface area contributed by atoms with Crippen molar-refractivity contribution in [2.75, 3.05) is 33.9 Å². The number of ether oxygens (including phenoxy) is 1. The molecule has 1 aromatic carbocycles. The number of aliphatic imine (C=N–C) groups is 1. The Hall–Kier alpha value is -1.69. The second-order valence-electron chi connectivity index (χ2n) is 5.25. The third-order valence-electron chi connectivity index (χ3n) is 3.57. The molecule has 0 saturated carbocycles. The predicted molar refractivity (Wildman–Crippen MR) is 78.1 cm³/mol. The van der Waals surface area contributed by atoms with Crippen molar-refractivity contribution in [3.63, 3.8) is 0 Å². The van der Waals surface area contributed by atoms with Gasteiger partial charge in [0.2, 0.25) is 0 Å². The van der Waals surface area contributed by atoms with Crippen molar-refractivity contribution in [3.05, 3.63) is 35.4 Å². The molecule has 0 amide bonds. The SMILES string of the molecule is CN=C(NCc1cc(F)ccc1F)N(C)CC1CCOC1. The van der Waals surface area contributed by atoms with Gasteiger partial charge in [-0.15, -0.1) is 0 Å². The maximum atomic E-state index is 13.6. The van der Waals surface area contributed by atoms with Gasteiger partial charge in [-0.25, -0.2) is 8.78 Å². The average Bonchev–Trinajstić information content (AvgIpc) is 2.96. The summed E-state index contributed by atoms with van der Waals surface area (Å²) in [6, 6.07) is 3.44. The average molecular weight is 297 g/mol. The van der Waals surface area contributed by atoms with Gasteiger partial charge in [-0.05, 0) is 24.6 Å². The van der Waals surface area contributed by atoms with Crippen LogP contribution in [-0.2, 0) is 11.3 Å². The van der Waals surface area contributed by atoms with Crippen LogP contribution in [0.5, 0.6) is 0 Å². The van der Waals surface area contributed by atoms with Gasteiger partial charge in [0.05, 0.1) is 6.61 Å². The molecule has 1 heterocycles. The molecule has 116 valence electrons. The van der Waals surface area contributed by atoms with Gasteiger partial charge in [0.1, 0.15) is 11.6 Å². The zero-order chi connectivity index (χ0) is 15.2. The maximum Gasteiger partial charge on any atom is 0.193 e. The summed E-state index contributed by atoms with van der Waals surface area (Å²) in [4.78, 5) is 6.15. The molecule has 0 aromatic heterocycles. The van der Waals surface area contributed by atoms with Crippen molar-refractivity contribution < 1.29 is 13.5 Å². The molecule has 0 radical (unpaired) electrons. The summed E-state index contributed by atoms with van der Waals surface area (Å²) in [5.74, 6) is 0.274. The first kappa shape index (κ1) is 15.7. The molecule has 1 atom stereocenters. The van der Waals surface area contributed by atoms with Crippen molar-refractivity contribution in [3.8, 4) is 0 Å². The van der Waals surface area contributed by atoms with Gasteiger partial charge in [0.15, 0.2) is 5.96 Å². The molecule has 1 saturated heterocycles. The Kier molecular flexibility index (Phi) is 5.50. The molecule has 1 aromatic rings. The quantitative estimate of drug-likeness (QED) is 0.682. The van der Waals surface area contributed by atoms with Crippen molar-refractivity contribution in [1.82, 2.24) is 10.2 Å². The number of halogens is 2. The van der Waals surface area contributed by atoms with E-state index in [9.17, 15) is 8.78 Å². The Morgan fingerprint density at radius 1 is 1.48 bits per heavy atom. The van der Waals surface area contributed by atoms with Crippen LogP contribution in [0.15, 0.2) is 23.2 Å². The van der Waals surface area contributed by atoms with Crippen LogP contribution in [0, 0.1) is 17.6 Å². The number of nitrogens with one attached hydrogen (secondary N) is 1. The van der Waals surface area contributed by atoms with Crippen LogP contribution in [-0.4, -0.2) is 44.7 Å². The van der Waals surface area contributed by atoms with Crippen LogP contribution in [0.3, 0.4) is 0 Å². The Morgan fingerprint density at radius 3 is 2.95 bits per heavy atom. The van der Waals surface area contributed by atoms with Gasteiger partial charge < -0.3 is 15.0 Å². The van der Waals surface area contributed by atoms with Gasteiger partial charge >= 0.3 is 0 Å². The summed E-state index contributed by atoms with van der Waals surface area (Å²) in [7, 11) is 3.60. The van der Waals surface area contributed by atoms with Crippen LogP contribution in [0.2, 0.25) is 0 Å². The van der Waals surface area contributed by atoms with E-state index in [2.05, 4.69) is 10.3 Å². The second-order valence-corrected chi connectivity index (χ2v) is 5.25. The minimum atomic E-state index is -0.445. The van der Waals surface area contributed by atoms with Crippen LogP contribution in [0.25, 0.3) is 0 Å². The standard InChI is InChI=1S/C15H21F2N3O/c1-18-15(20(2)9-11-5-6-21-10-11)19-8-12-7-13(16)3-4-14(12)17/h3-4,7,11H,5-6,8-10H2,1-2H3,(H,18,19). The lowest BCUT2D eigenvalue weighted by Gasteiger charge is -2.24. The molecular weight excluding hydrogens is 276 g/mol. The van der Waals surface area contributed by atoms with Crippen molar-refractivity contribution in [1.29, 1.82) is 0 Å². The van der Waals surface area contributed by atoms with Crippen LogP contribution in [0.4, 0.5) is 8.78 Å². The zero-order valence-corrected chi connectivity index (χ0v) is 12.4. The number of benzene rings is 1. The molecule has 1 fully saturated rings. The molecule has 1 aliphatic heterocycles. The van der Waals surface area contributed by atoms with Gasteiger partial charge in [-0.2, -0.15) is 0 Å². The molecule has 0 spiro atoms. The molecule has 1 unspecified atom stereocenters. The molecule has 0 bridgehead atoms. The van der Waals surface area contributed by atoms with E-state index in [-0.39, 0.29) is 12.1 Å². The van der Waals surface area contributed by atoms with Gasteiger partial charge in [0, 0.05) is 45.3 Å². The van der Waals surface area contributed by atoms with E-state index >= 15 is 0 Å². The summed E-state index contributed by atoms with van der Waals surface area (Å²) < 4.78 is 32.1. The Labute approximate surface area is 123 Å². The molecule has 0 aliphatic carbocycles. The summed E-state index contributed by atoms with van der Waals surface area (Å²) in [6.07, 6.45) is 1.04. The molecule has 4 nitrogen and oxygen atoms in total. The first-order valence-corrected chi connectivity index (χ1v) is 7.03. The Bertz CT molecular complexity index is 502. The monoisotopic (exact) mass is 297 g/mol. The largest absolute Gasteiger partial charge is 0.381 e. The highest BCUT2D eigenvalue weighted by molar-refractivity contribution is 5.79. The number of hydrogen-bond acceptors (Lipinski definition) is 2. The van der Waals surface area contributed by atoms with E-state index in [1.165, 1.54) is 6.07 Å². The van der Waals surface area contributed by atoms with Gasteiger partial charge in [0.25, 0.3) is 0 Å². The lowest BCUT2D eigenvalue weighted by Crippen LogP contribution is -2.41. The van der Waals surface area contributed by atoms with E-state index in [1.54, 1.807) is 7.05 Å². The minimum Gasteiger partial charge on any atom is -0.381 e. The number of rotatable bonds is 4. The summed E-state index contributed by atoms with van der Waals surface area (Å²) >= 11 is 0. The van der Waals surface area contributed by atoms with Gasteiger partial charge in [-0.3, -0.25) is 4.99 Å². The smallest absolute Gasteiger partial charge is 0.193 e. The van der Waals surface area contributed by atoms with Gasteiger partial charge in [-0.1, -0.05) is 0 Å². The summed E-state index contributed by atoms with van der Waals surface area (Å²) in [5, 5.41) is 3.06. The highest BCUT2D eigenvalue weighted by Gasteiger charge is 2.19. The van der Waals surface area contributed by atoms with E-state index in [1.807, 2.05) is 11.9 Å². The van der Waals surface area contributed by atoms with Crippen LogP contribution >= 0.6 is 0 Å². The van der Waals surface area contributed by atoms with Crippen molar-refractivity contribution in [2.45, 2.75) is 13.0 Å². The number of guanidine groups is 1. The fourth-order valence-corrected chi connectivity index (χ4v) is 2.44. The Morgan fingerprint density at radius 2 is 2.29 bits per heavy atom. The zero-order valence-electron chi connectivity index (χ0n) is 12.4. The second kappa shape index (κ2) is 7.36. The first-order valence-electron chi connectivity index (χ1n) is 7.03. The third kappa shape index (κ3) is 4.39. The predicted octanol–water partition coefficient (Wildman–Crippen LogP) is 2.01. The van der Waals surface area contributed by atoms with E-state index in [0.717, 1.165) is 38.3 Å². The van der Waals surface area contributed by atoms with E-state index < -0.39 is 11.6 Å². The lowest BCUT2D eigenvalue weighted by molar-refractivity contribution is 0.181. The molecule has 1 aliphatic rings. The molecule has 21 heavy (non-hydrogen) atoms. The molecule has 1 N–H and O–H groups in total. The highest BCUT2D eigenvalue weighted by Crippen LogP contribution is 2.13. The molecule has 2 rings (SSSR count). The minimum absolute atomic E-state index is 0.196. The van der Waals surface area contributed by atoms with Crippen LogP contribution in [0.1, 0.15) is 12.0 Å². The fourth-order valence-electron chi connectivity index (χ4n) is 2.44. The van der Waals surface area contributed by atoms with Crippen LogP contribution < -0.4 is 5.32 Å². The normalized spacial score (nSPS) is 18.9. The number of hydrogen-bond donors (Lipinski definition) is 1. The maximum absolute atomic E-state index is 13.6. The Balaban J connectivity index is 1.91.